The number of ether oxygens (including phenoxy) is 1. The van der Waals surface area contributed by atoms with Gasteiger partial charge in [0.25, 0.3) is 0 Å². The van der Waals surface area contributed by atoms with Crippen molar-refractivity contribution < 1.29 is 44.3 Å². The van der Waals surface area contributed by atoms with Gasteiger partial charge in [-0.25, -0.2) is 4.21 Å². The first-order valence-electron chi connectivity index (χ1n) is 44.5. The second-order valence-electron chi connectivity index (χ2n) is 22.4. The fraction of sp³-hybridized carbons (Fsp3) is 0.301. The number of para-hydroxylation sites is 3. The van der Waals surface area contributed by atoms with Crippen molar-refractivity contribution in [2.45, 2.75) is 235 Å². The number of alkyl halides is 6. The SMILES string of the molecule is CC.CC.CC.CC.CC.CC.CC.CC.CC.CC.CC.CC.CC.CC(C)(c1ccccc1)c1ccccc1.Cc1ccccc1.FC(F)(F)C(c1ccccc1)(c1ccccc1)C(F)(F)F.O=C(c1ccccc1)c1ccccc1.O=S(Oc1ccccc1)c1ccccc1.c1ccc(Cc2ccccc2)cc1.c1ccc(Oc2ccccc2)cc1. The number of hydrogen-bond donors (Lipinski definition) is 0. The molecule has 1 atom stereocenters. The Kier molecular flexibility index (Phi) is 88.2. The summed E-state index contributed by atoms with van der Waals surface area (Å²) >= 11 is -1.43. The molecule has 0 saturated heterocycles. The molecule has 0 N–H and O–H groups in total. The second kappa shape index (κ2) is 86.8. The monoisotopic (exact) mass is 1720 g/mol. The van der Waals surface area contributed by atoms with Crippen LogP contribution in [0.25, 0.3) is 0 Å². The molecule has 0 fully saturated rings. The largest absolute Gasteiger partial charge is 0.457 e. The number of benzene rings is 13. The summed E-state index contributed by atoms with van der Waals surface area (Å²) in [6, 6.07) is 120. The van der Waals surface area contributed by atoms with Crippen molar-refractivity contribution in [1.29, 1.82) is 0 Å². The van der Waals surface area contributed by atoms with E-state index in [2.05, 4.69) is 154 Å². The van der Waals surface area contributed by atoms with E-state index in [1.165, 1.54) is 39.9 Å². The molecule has 0 radical (unpaired) electrons. The standard InChI is InChI=1S/C15H10F6.C15H16.C13H10O.C13H12.C12H10O2S.C12H10O.C7H8.13C2H6/c16-14(17,18)13(15(19,20)21,11-7-3-1-4-8-11)12-9-5-2-6-10-12;1-15(2,13-9-5-3-6-10-13)14-11-7-4-8-12-14;14-13(11-7-3-1-4-8-11)12-9-5-2-6-10-12;1-3-7-12(8-4-1)11-13-9-5-2-6-10-13;13-15(12-9-5-2-6-10-12)14-11-7-3-1-4-8-11;1-3-7-11(8-4-1)13-12-9-5-2-6-10-12;1-7-5-3-2-4-6-7;13*1-2/h1-10H;3-12H,1-2H3;1-10H;1-10H,11H2;1-10H;1-10H;2-6H,1H3;13*1-2H3. The van der Waals surface area contributed by atoms with Crippen molar-refractivity contribution in [2.24, 2.45) is 0 Å². The molecule has 13 aromatic rings. The lowest BCUT2D eigenvalue weighted by Crippen LogP contribution is -2.54. The molecule has 124 heavy (non-hydrogen) atoms. The van der Waals surface area contributed by atoms with Crippen molar-refractivity contribution in [2.75, 3.05) is 0 Å². The van der Waals surface area contributed by atoms with E-state index in [1.807, 2.05) is 356 Å². The Morgan fingerprint density at radius 2 is 0.452 bits per heavy atom. The van der Waals surface area contributed by atoms with Crippen LogP contribution in [0.3, 0.4) is 0 Å². The molecular formula is C113H154F6O4S. The van der Waals surface area contributed by atoms with Crippen molar-refractivity contribution in [3.63, 3.8) is 0 Å². The van der Waals surface area contributed by atoms with Gasteiger partial charge in [0, 0.05) is 16.5 Å². The van der Waals surface area contributed by atoms with E-state index in [0.717, 1.165) is 77.6 Å². The van der Waals surface area contributed by atoms with E-state index in [1.54, 1.807) is 24.3 Å². The molecule has 0 saturated carbocycles. The number of rotatable bonds is 13. The molecule has 0 aliphatic rings. The summed E-state index contributed by atoms with van der Waals surface area (Å²) in [7, 11) is 0. The zero-order valence-corrected chi connectivity index (χ0v) is 81.4. The van der Waals surface area contributed by atoms with Gasteiger partial charge in [0.1, 0.15) is 17.2 Å². The molecular weight excluding hydrogens is 1570 g/mol. The summed E-state index contributed by atoms with van der Waals surface area (Å²) in [5.41, 5.74) is 2.59. The van der Waals surface area contributed by atoms with E-state index in [-0.39, 0.29) is 11.2 Å². The zero-order valence-electron chi connectivity index (χ0n) is 80.5. The van der Waals surface area contributed by atoms with E-state index in [0.29, 0.717) is 10.6 Å². The van der Waals surface area contributed by atoms with Crippen LogP contribution in [0.1, 0.15) is 249 Å². The smallest absolute Gasteiger partial charge is 0.411 e. The molecule has 0 heterocycles. The van der Waals surface area contributed by atoms with Crippen LogP contribution in [0.5, 0.6) is 17.2 Å². The Balaban J connectivity index is -0.000000249. The molecule has 13 rings (SSSR count). The van der Waals surface area contributed by atoms with Crippen LogP contribution < -0.4 is 8.92 Å². The quantitative estimate of drug-likeness (QED) is 0.0853. The van der Waals surface area contributed by atoms with Crippen LogP contribution in [0.15, 0.2) is 399 Å². The normalized spacial score (nSPS) is 9.31. The van der Waals surface area contributed by atoms with Crippen LogP contribution in [0.2, 0.25) is 0 Å². The van der Waals surface area contributed by atoms with Crippen molar-refractivity contribution in [3.8, 4) is 17.2 Å². The lowest BCUT2D eigenvalue weighted by Gasteiger charge is -2.38. The zero-order chi connectivity index (χ0) is 95.7. The van der Waals surface area contributed by atoms with Gasteiger partial charge < -0.3 is 8.92 Å². The van der Waals surface area contributed by atoms with E-state index in [4.69, 9.17) is 8.92 Å². The summed E-state index contributed by atoms with van der Waals surface area (Å²) in [5, 5.41) is 0. The lowest BCUT2D eigenvalue weighted by molar-refractivity contribution is -0.288. The van der Waals surface area contributed by atoms with Crippen LogP contribution in [0, 0.1) is 6.92 Å². The number of carbonyl (C=O) groups is 1. The average molecular weight is 1720 g/mol. The summed E-state index contributed by atoms with van der Waals surface area (Å²) < 4.78 is 104. The van der Waals surface area contributed by atoms with Gasteiger partial charge in [0.2, 0.25) is 16.5 Å². The molecule has 4 nitrogen and oxygen atoms in total. The Labute approximate surface area is 753 Å². The Morgan fingerprint density at radius 3 is 0.677 bits per heavy atom. The predicted octanol–water partition coefficient (Wildman–Crippen LogP) is 36.9. The van der Waals surface area contributed by atoms with Gasteiger partial charge in [-0.2, -0.15) is 26.3 Å². The number of aryl methyl sites for hydroxylation is 1. The minimum absolute atomic E-state index is 0.0752. The summed E-state index contributed by atoms with van der Waals surface area (Å²) in [6.45, 7) is 58.6. The molecule has 11 heteroatoms. The Morgan fingerprint density at radius 1 is 0.258 bits per heavy atom. The van der Waals surface area contributed by atoms with E-state index in [9.17, 15) is 35.3 Å². The molecule has 0 aliphatic heterocycles. The summed E-state index contributed by atoms with van der Waals surface area (Å²) in [5.74, 6) is 2.42. The van der Waals surface area contributed by atoms with Crippen LogP contribution >= 0.6 is 0 Å². The number of carbonyl (C=O) groups excluding carboxylic acids is 1. The maximum Gasteiger partial charge on any atom is 0.411 e. The van der Waals surface area contributed by atoms with Gasteiger partial charge in [-0.15, -0.1) is 0 Å². The van der Waals surface area contributed by atoms with Gasteiger partial charge in [0.05, 0.1) is 4.90 Å². The summed E-state index contributed by atoms with van der Waals surface area (Å²) in [6.07, 6.45) is -10.0. The van der Waals surface area contributed by atoms with Crippen molar-refractivity contribution in [3.05, 3.63) is 444 Å². The second-order valence-corrected chi connectivity index (χ2v) is 23.5. The van der Waals surface area contributed by atoms with Gasteiger partial charge in [-0.1, -0.05) is 545 Å². The predicted molar refractivity (Wildman–Crippen MR) is 534 cm³/mol. The third-order valence-electron chi connectivity index (χ3n) is 14.9. The Hall–Kier alpha value is -11.1. The molecule has 0 aromatic heterocycles. The highest BCUT2D eigenvalue weighted by Gasteiger charge is 2.72. The Bertz CT molecular complexity index is 3980. The highest BCUT2D eigenvalue weighted by Crippen LogP contribution is 2.56. The van der Waals surface area contributed by atoms with Crippen LogP contribution in [-0.2, 0) is 28.3 Å². The van der Waals surface area contributed by atoms with Crippen LogP contribution in [0.4, 0.5) is 26.3 Å². The maximum atomic E-state index is 13.5. The van der Waals surface area contributed by atoms with Crippen LogP contribution in [-0.4, -0.2) is 22.3 Å². The fourth-order valence-corrected chi connectivity index (χ4v) is 10.6. The van der Waals surface area contributed by atoms with Gasteiger partial charge >= 0.3 is 12.4 Å². The maximum absolute atomic E-state index is 13.5. The number of hydrogen-bond acceptors (Lipinski definition) is 4. The van der Waals surface area contributed by atoms with Gasteiger partial charge in [-0.3, -0.25) is 4.79 Å². The molecule has 13 aromatic carbocycles. The van der Waals surface area contributed by atoms with Crippen molar-refractivity contribution in [1.82, 2.24) is 0 Å². The highest BCUT2D eigenvalue weighted by atomic mass is 32.2. The fourth-order valence-electron chi connectivity index (χ4n) is 9.80. The van der Waals surface area contributed by atoms with E-state index < -0.39 is 40.0 Å². The highest BCUT2D eigenvalue weighted by molar-refractivity contribution is 7.80. The average Bonchev–Trinajstić information content (AvgIpc) is 0.719. The molecule has 0 aliphatic carbocycles. The molecule has 1 unspecified atom stereocenters. The van der Waals surface area contributed by atoms with Gasteiger partial charge in [-0.05, 0) is 95.3 Å². The number of ketones is 1. The topological polar surface area (TPSA) is 52.6 Å². The summed E-state index contributed by atoms with van der Waals surface area (Å²) in [4.78, 5) is 12.5. The molecule has 0 spiro atoms. The first-order valence-corrected chi connectivity index (χ1v) is 45.6. The number of halogens is 6. The third-order valence-corrected chi connectivity index (χ3v) is 15.9. The first-order chi connectivity index (χ1) is 60.5. The third kappa shape index (κ3) is 53.0. The molecule has 678 valence electrons. The lowest BCUT2D eigenvalue weighted by atomic mass is 9.73. The first kappa shape index (κ1) is 126. The molecule has 0 bridgehead atoms. The van der Waals surface area contributed by atoms with Crippen molar-refractivity contribution >= 4 is 16.9 Å². The molecule has 0 amide bonds. The van der Waals surface area contributed by atoms with E-state index >= 15 is 0 Å². The minimum atomic E-state index is -5.52. The minimum Gasteiger partial charge on any atom is -0.457 e. The van der Waals surface area contributed by atoms with Gasteiger partial charge in [0.15, 0.2) is 5.78 Å².